The number of nitrogens with zero attached hydrogens (tertiary/aromatic N) is 3. The number of hydrogen-bond donors (Lipinski definition) is 1. The maximum atomic E-state index is 6.30. The fourth-order valence-electron chi connectivity index (χ4n) is 3.03. The van der Waals surface area contributed by atoms with Crippen LogP contribution in [0.25, 0.3) is 0 Å². The number of hydrogen-bond acceptors (Lipinski definition) is 4. The van der Waals surface area contributed by atoms with E-state index in [1.165, 1.54) is 12.8 Å². The zero-order chi connectivity index (χ0) is 12.7. The summed E-state index contributed by atoms with van der Waals surface area (Å²) in [6.45, 7) is 2.84. The maximum Gasteiger partial charge on any atom is 0.0910 e. The molecule has 3 atom stereocenters. The van der Waals surface area contributed by atoms with Crippen LogP contribution in [0.4, 0.5) is 0 Å². The van der Waals surface area contributed by atoms with Gasteiger partial charge >= 0.3 is 0 Å². The van der Waals surface area contributed by atoms with Crippen molar-refractivity contribution in [1.29, 1.82) is 0 Å². The Bertz CT molecular complexity index is 416. The lowest BCUT2D eigenvalue weighted by atomic mass is 10.1. The molecule has 6 heteroatoms. The second-order valence-corrected chi connectivity index (χ2v) is 5.60. The van der Waals surface area contributed by atoms with Gasteiger partial charge in [0.15, 0.2) is 0 Å². The highest BCUT2D eigenvalue weighted by atomic mass is 35.5. The van der Waals surface area contributed by atoms with Crippen molar-refractivity contribution in [2.75, 3.05) is 19.7 Å². The molecule has 1 aromatic rings. The Balaban J connectivity index is 1.75. The monoisotopic (exact) mass is 270 g/mol. The molecule has 2 aliphatic rings. The van der Waals surface area contributed by atoms with Gasteiger partial charge in [-0.1, -0.05) is 11.6 Å². The number of aryl methyl sites for hydroxylation is 1. The highest BCUT2D eigenvalue weighted by molar-refractivity contribution is 6.31. The molecule has 2 fully saturated rings. The molecule has 0 amide bonds. The first-order valence-corrected chi connectivity index (χ1v) is 6.83. The Hall–Kier alpha value is -0.620. The third-order valence-corrected chi connectivity index (χ3v) is 4.36. The number of fused-ring (bicyclic) bond motifs is 1. The number of halogens is 1. The average molecular weight is 271 g/mol. The van der Waals surface area contributed by atoms with E-state index < -0.39 is 0 Å². The van der Waals surface area contributed by atoms with Crippen molar-refractivity contribution in [3.63, 3.8) is 0 Å². The second-order valence-electron chi connectivity index (χ2n) is 5.19. The van der Waals surface area contributed by atoms with Crippen LogP contribution >= 0.6 is 11.6 Å². The van der Waals surface area contributed by atoms with E-state index >= 15 is 0 Å². The van der Waals surface area contributed by atoms with Gasteiger partial charge in [-0.15, -0.1) is 0 Å². The smallest absolute Gasteiger partial charge is 0.0910 e. The van der Waals surface area contributed by atoms with Gasteiger partial charge in [0.05, 0.1) is 35.7 Å². The molecule has 100 valence electrons. The predicted molar refractivity (Wildman–Crippen MR) is 69.5 cm³/mol. The summed E-state index contributed by atoms with van der Waals surface area (Å²) in [7, 11) is 1.86. The summed E-state index contributed by atoms with van der Waals surface area (Å²) in [5.41, 5.74) is 7.16. The first-order chi connectivity index (χ1) is 8.66. The van der Waals surface area contributed by atoms with Gasteiger partial charge in [0, 0.05) is 19.6 Å². The van der Waals surface area contributed by atoms with Crippen molar-refractivity contribution < 1.29 is 4.74 Å². The molecule has 1 aromatic heterocycles. The summed E-state index contributed by atoms with van der Waals surface area (Å²) in [6.07, 6.45) is 4.15. The van der Waals surface area contributed by atoms with Crippen molar-refractivity contribution >= 4 is 11.6 Å². The van der Waals surface area contributed by atoms with E-state index in [-0.39, 0.29) is 12.1 Å². The van der Waals surface area contributed by atoms with Gasteiger partial charge in [0.1, 0.15) is 0 Å². The van der Waals surface area contributed by atoms with Crippen LogP contribution in [-0.4, -0.2) is 46.5 Å². The van der Waals surface area contributed by atoms with Crippen LogP contribution in [0, 0.1) is 0 Å². The van der Waals surface area contributed by atoms with Crippen LogP contribution in [0.1, 0.15) is 24.6 Å². The summed E-state index contributed by atoms with van der Waals surface area (Å²) >= 11 is 6.14. The minimum Gasteiger partial charge on any atom is -0.373 e. The number of ether oxygens (including phenoxy) is 1. The van der Waals surface area contributed by atoms with E-state index in [0.29, 0.717) is 11.1 Å². The van der Waals surface area contributed by atoms with Crippen LogP contribution in [0.2, 0.25) is 5.02 Å². The quantitative estimate of drug-likeness (QED) is 0.869. The van der Waals surface area contributed by atoms with Gasteiger partial charge in [-0.3, -0.25) is 9.58 Å². The summed E-state index contributed by atoms with van der Waals surface area (Å²) < 4.78 is 7.66. The van der Waals surface area contributed by atoms with E-state index in [9.17, 15) is 0 Å². The van der Waals surface area contributed by atoms with Crippen molar-refractivity contribution in [3.05, 3.63) is 16.9 Å². The van der Waals surface area contributed by atoms with Gasteiger partial charge in [-0.05, 0) is 19.4 Å². The van der Waals surface area contributed by atoms with E-state index in [0.717, 1.165) is 25.4 Å². The molecule has 0 radical (unpaired) electrons. The van der Waals surface area contributed by atoms with Crippen molar-refractivity contribution in [3.8, 4) is 0 Å². The number of morpholine rings is 1. The lowest BCUT2D eigenvalue weighted by molar-refractivity contribution is -0.0606. The minimum absolute atomic E-state index is 0.00671. The lowest BCUT2D eigenvalue weighted by Gasteiger charge is -2.37. The molecule has 18 heavy (non-hydrogen) atoms. The van der Waals surface area contributed by atoms with E-state index in [1.54, 1.807) is 10.9 Å². The normalized spacial score (nSPS) is 30.4. The Morgan fingerprint density at radius 1 is 1.61 bits per heavy atom. The zero-order valence-corrected chi connectivity index (χ0v) is 11.3. The zero-order valence-electron chi connectivity index (χ0n) is 10.6. The van der Waals surface area contributed by atoms with E-state index in [4.69, 9.17) is 22.1 Å². The van der Waals surface area contributed by atoms with Crippen molar-refractivity contribution in [1.82, 2.24) is 14.7 Å². The fraction of sp³-hybridized carbons (Fsp3) is 0.750. The Morgan fingerprint density at radius 2 is 2.44 bits per heavy atom. The molecule has 0 saturated carbocycles. The largest absolute Gasteiger partial charge is 0.373 e. The summed E-state index contributed by atoms with van der Waals surface area (Å²) in [4.78, 5) is 2.48. The highest BCUT2D eigenvalue weighted by Crippen LogP contribution is 2.29. The van der Waals surface area contributed by atoms with Crippen LogP contribution < -0.4 is 5.73 Å². The Labute approximate surface area is 112 Å². The predicted octanol–water partition coefficient (Wildman–Crippen LogP) is 0.936. The Kier molecular flexibility index (Phi) is 3.32. The van der Waals surface area contributed by atoms with Crippen LogP contribution in [0.5, 0.6) is 0 Å². The van der Waals surface area contributed by atoms with Gasteiger partial charge in [0.2, 0.25) is 0 Å². The molecule has 3 unspecified atom stereocenters. The molecular weight excluding hydrogens is 252 g/mol. The number of nitrogens with two attached hydrogens (primary N) is 1. The topological polar surface area (TPSA) is 56.3 Å². The first kappa shape index (κ1) is 12.4. The average Bonchev–Trinajstić information content (AvgIpc) is 2.94. The lowest BCUT2D eigenvalue weighted by Crippen LogP contribution is -2.50. The highest BCUT2D eigenvalue weighted by Gasteiger charge is 2.36. The molecule has 0 bridgehead atoms. The van der Waals surface area contributed by atoms with E-state index in [2.05, 4.69) is 10.00 Å². The molecule has 5 nitrogen and oxygen atoms in total. The molecule has 3 rings (SSSR count). The van der Waals surface area contributed by atoms with Crippen LogP contribution in [0.3, 0.4) is 0 Å². The first-order valence-electron chi connectivity index (χ1n) is 6.45. The molecule has 2 aliphatic heterocycles. The molecule has 2 saturated heterocycles. The van der Waals surface area contributed by atoms with Crippen molar-refractivity contribution in [2.24, 2.45) is 12.8 Å². The summed E-state index contributed by atoms with van der Waals surface area (Å²) in [5.74, 6) is 0. The third kappa shape index (κ3) is 2.05. The number of rotatable bonds is 2. The SMILES string of the molecule is Cn1ncc(Cl)c1C(N)C1CN2CCCC2CO1. The third-order valence-electron chi connectivity index (χ3n) is 4.07. The van der Waals surface area contributed by atoms with E-state index in [1.807, 2.05) is 7.05 Å². The number of aromatic nitrogens is 2. The summed E-state index contributed by atoms with van der Waals surface area (Å²) in [6, 6.07) is 0.377. The molecular formula is C12H19ClN4O. The van der Waals surface area contributed by atoms with Crippen LogP contribution in [-0.2, 0) is 11.8 Å². The Morgan fingerprint density at radius 3 is 3.17 bits per heavy atom. The fourth-order valence-corrected chi connectivity index (χ4v) is 3.32. The summed E-state index contributed by atoms with van der Waals surface area (Å²) in [5, 5.41) is 4.76. The second kappa shape index (κ2) is 4.81. The molecule has 3 heterocycles. The van der Waals surface area contributed by atoms with Crippen LogP contribution in [0.15, 0.2) is 6.20 Å². The molecule has 0 aromatic carbocycles. The molecule has 0 aliphatic carbocycles. The van der Waals surface area contributed by atoms with Crippen molar-refractivity contribution in [2.45, 2.75) is 31.0 Å². The van der Waals surface area contributed by atoms with Gasteiger partial charge in [-0.2, -0.15) is 5.10 Å². The standard InChI is InChI=1S/C12H19ClN4O/c1-16-12(9(13)5-15-16)11(14)10-6-17-4-2-3-8(17)7-18-10/h5,8,10-11H,2-4,6-7,14H2,1H3. The minimum atomic E-state index is -0.216. The molecule has 0 spiro atoms. The van der Waals surface area contributed by atoms with Gasteiger partial charge in [0.25, 0.3) is 0 Å². The molecule has 2 N–H and O–H groups in total. The van der Waals surface area contributed by atoms with Gasteiger partial charge in [-0.25, -0.2) is 0 Å². The maximum absolute atomic E-state index is 6.30. The van der Waals surface area contributed by atoms with Gasteiger partial charge < -0.3 is 10.5 Å².